The van der Waals surface area contributed by atoms with Crippen molar-refractivity contribution < 1.29 is 54.9 Å². The van der Waals surface area contributed by atoms with Crippen LogP contribution in [0.15, 0.2) is 97.1 Å². The lowest BCUT2D eigenvalue weighted by atomic mass is 9.92. The molecule has 0 aliphatic heterocycles. The quantitative estimate of drug-likeness (QED) is 0.0820. The summed E-state index contributed by atoms with van der Waals surface area (Å²) < 4.78 is 104. The van der Waals surface area contributed by atoms with Crippen LogP contribution in [0.4, 0.5) is 26.3 Å². The molecule has 2 aromatic rings. The van der Waals surface area contributed by atoms with Gasteiger partial charge in [0.1, 0.15) is 12.7 Å². The van der Waals surface area contributed by atoms with Crippen LogP contribution in [-0.4, -0.2) is 51.2 Å². The number of ether oxygens (including phenoxy) is 4. The fraction of sp³-hybridized carbons (Fsp3) is 0.351. The van der Waals surface area contributed by atoms with E-state index in [1.54, 1.807) is 18.2 Å². The first-order chi connectivity index (χ1) is 23.3. The first kappa shape index (κ1) is 40.4. The molecule has 0 unspecified atom stereocenters. The minimum absolute atomic E-state index is 0.282. The van der Waals surface area contributed by atoms with Crippen molar-refractivity contribution in [3.05, 3.63) is 108 Å². The van der Waals surface area contributed by atoms with Gasteiger partial charge >= 0.3 is 24.3 Å². The summed E-state index contributed by atoms with van der Waals surface area (Å²) in [6.07, 6.45) is -0.266. The molecule has 3 atom stereocenters. The monoisotopic (exact) mass is 690 g/mol. The molecule has 0 bridgehead atoms. The molecule has 0 spiro atoms. The summed E-state index contributed by atoms with van der Waals surface area (Å²) in [4.78, 5) is 25.4. The molecule has 0 saturated carbocycles. The molecule has 0 aromatic heterocycles. The number of benzene rings is 2. The zero-order chi connectivity index (χ0) is 36.4. The molecule has 0 saturated heterocycles. The maximum absolute atomic E-state index is 14.2. The lowest BCUT2D eigenvalue weighted by Gasteiger charge is -2.33. The third-order valence-corrected chi connectivity index (χ3v) is 7.03. The van der Waals surface area contributed by atoms with Gasteiger partial charge in [-0.1, -0.05) is 104 Å². The van der Waals surface area contributed by atoms with Crippen LogP contribution in [0.3, 0.4) is 0 Å². The summed E-state index contributed by atoms with van der Waals surface area (Å²) >= 11 is 0. The van der Waals surface area contributed by atoms with E-state index in [0.29, 0.717) is 19.3 Å². The molecule has 49 heavy (non-hydrogen) atoms. The van der Waals surface area contributed by atoms with Gasteiger partial charge in [0.2, 0.25) is 0 Å². The topological polar surface area (TPSA) is 71.1 Å². The molecular formula is C37H36F6O6. The molecule has 0 amide bonds. The molecule has 0 heterocycles. The maximum Gasteiger partial charge on any atom is 0.432 e. The van der Waals surface area contributed by atoms with Crippen LogP contribution in [0.2, 0.25) is 0 Å². The molecule has 12 heteroatoms. The van der Waals surface area contributed by atoms with Gasteiger partial charge in [-0.3, -0.25) is 0 Å². The number of allylic oxidation sites excluding steroid dienone is 5. The second kappa shape index (κ2) is 19.3. The summed E-state index contributed by atoms with van der Waals surface area (Å²) in [7, 11) is 1.59. The van der Waals surface area contributed by atoms with E-state index in [1.807, 2.05) is 6.92 Å². The Morgan fingerprint density at radius 2 is 1.22 bits per heavy atom. The van der Waals surface area contributed by atoms with E-state index in [4.69, 9.17) is 14.2 Å². The zero-order valence-electron chi connectivity index (χ0n) is 27.1. The largest absolute Gasteiger partial charge is 0.460 e. The van der Waals surface area contributed by atoms with Crippen molar-refractivity contribution in [1.29, 1.82) is 0 Å². The number of esters is 2. The second-order valence-electron chi connectivity index (χ2n) is 10.2. The Morgan fingerprint density at radius 1 is 0.714 bits per heavy atom. The highest BCUT2D eigenvalue weighted by Gasteiger charge is 2.65. The third-order valence-electron chi connectivity index (χ3n) is 7.03. The Hall–Kier alpha value is -4.78. The highest BCUT2D eigenvalue weighted by atomic mass is 19.4. The van der Waals surface area contributed by atoms with Crippen molar-refractivity contribution in [2.45, 2.75) is 62.3 Å². The smallest absolute Gasteiger partial charge is 0.432 e. The van der Waals surface area contributed by atoms with Crippen LogP contribution in [0.25, 0.3) is 0 Å². The number of hydrogen-bond acceptors (Lipinski definition) is 6. The van der Waals surface area contributed by atoms with Crippen LogP contribution in [0, 0.1) is 23.7 Å². The number of carbonyl (C=O) groups excluding carboxylic acids is 2. The van der Waals surface area contributed by atoms with E-state index >= 15 is 0 Å². The molecule has 2 rings (SSSR count). The van der Waals surface area contributed by atoms with Crippen LogP contribution in [0.1, 0.15) is 43.7 Å². The van der Waals surface area contributed by atoms with Crippen LogP contribution in [-0.2, 0) is 39.7 Å². The first-order valence-corrected chi connectivity index (χ1v) is 15.0. The molecule has 0 aliphatic carbocycles. The maximum atomic E-state index is 14.2. The molecule has 0 radical (unpaired) electrons. The standard InChI is InChI=1S/C37H36F6O6/c1-4-22-31(49-33(45)35(47-3,37(41,42)43)30-25-18-15-19-26-30)27-20-12-10-8-6-5-7-9-11-13-21-28-48-32(44)34(46-2,36(38,39)40)29-23-16-14-17-24-29/h6,8,10,12-19,21,23-26,31H,4,20,22,27-28H2,1-3H3/b8-6+,12-10+,21-13+/t31-,34-,35-/m1/s1. The summed E-state index contributed by atoms with van der Waals surface area (Å²) in [6, 6.07) is 13.1. The van der Waals surface area contributed by atoms with E-state index in [-0.39, 0.29) is 12.0 Å². The fourth-order valence-electron chi connectivity index (χ4n) is 4.64. The fourth-order valence-corrected chi connectivity index (χ4v) is 4.64. The van der Waals surface area contributed by atoms with Gasteiger partial charge in [-0.2, -0.15) is 26.3 Å². The van der Waals surface area contributed by atoms with Crippen LogP contribution >= 0.6 is 0 Å². The Kier molecular flexibility index (Phi) is 15.9. The molecule has 0 N–H and O–H groups in total. The summed E-state index contributed by atoms with van der Waals surface area (Å²) in [6.45, 7) is 1.34. The Bertz CT molecular complexity index is 1560. The summed E-state index contributed by atoms with van der Waals surface area (Å²) in [5, 5.41) is 0. The van der Waals surface area contributed by atoms with E-state index in [0.717, 1.165) is 38.5 Å². The van der Waals surface area contributed by atoms with Gasteiger partial charge in [-0.05, 0) is 49.3 Å². The van der Waals surface area contributed by atoms with Gasteiger partial charge in [-0.15, -0.1) is 0 Å². The highest BCUT2D eigenvalue weighted by molar-refractivity contribution is 5.83. The number of halogens is 6. The van der Waals surface area contributed by atoms with Crippen LogP contribution < -0.4 is 0 Å². The molecule has 262 valence electrons. The van der Waals surface area contributed by atoms with Crippen molar-refractivity contribution in [1.82, 2.24) is 0 Å². The summed E-state index contributed by atoms with van der Waals surface area (Å²) in [5.41, 5.74) is -7.32. The number of carbonyl (C=O) groups is 2. The molecule has 2 aromatic carbocycles. The normalized spacial score (nSPS) is 15.0. The van der Waals surface area contributed by atoms with Gasteiger partial charge in [0.05, 0.1) is 0 Å². The molecular weight excluding hydrogens is 654 g/mol. The van der Waals surface area contributed by atoms with Gasteiger partial charge in [-0.25, -0.2) is 9.59 Å². The molecule has 0 aliphatic rings. The average molecular weight is 691 g/mol. The first-order valence-electron chi connectivity index (χ1n) is 15.0. The highest BCUT2D eigenvalue weighted by Crippen LogP contribution is 2.44. The van der Waals surface area contributed by atoms with Crippen molar-refractivity contribution in [3.8, 4) is 23.7 Å². The van der Waals surface area contributed by atoms with E-state index in [2.05, 4.69) is 28.4 Å². The number of alkyl halides is 6. The minimum atomic E-state index is -5.07. The Morgan fingerprint density at radius 3 is 1.71 bits per heavy atom. The predicted octanol–water partition coefficient (Wildman–Crippen LogP) is 7.91. The minimum Gasteiger partial charge on any atom is -0.460 e. The van der Waals surface area contributed by atoms with Crippen LogP contribution in [0.5, 0.6) is 0 Å². The van der Waals surface area contributed by atoms with Gasteiger partial charge in [0.15, 0.2) is 0 Å². The molecule has 0 fully saturated rings. The van der Waals surface area contributed by atoms with E-state index in [9.17, 15) is 35.9 Å². The predicted molar refractivity (Wildman–Crippen MR) is 170 cm³/mol. The second-order valence-corrected chi connectivity index (χ2v) is 10.2. The lowest BCUT2D eigenvalue weighted by Crippen LogP contribution is -2.52. The van der Waals surface area contributed by atoms with Gasteiger partial charge in [0, 0.05) is 25.3 Å². The third kappa shape index (κ3) is 10.6. The molecule has 6 nitrogen and oxygen atoms in total. The van der Waals surface area contributed by atoms with Crippen molar-refractivity contribution in [2.24, 2.45) is 0 Å². The zero-order valence-corrected chi connectivity index (χ0v) is 27.1. The summed E-state index contributed by atoms with van der Waals surface area (Å²) in [5.74, 6) is 7.07. The number of methoxy groups -OCH3 is 2. The Labute approximate surface area is 281 Å². The van der Waals surface area contributed by atoms with E-state index < -0.39 is 53.8 Å². The Balaban J connectivity index is 1.88. The SMILES string of the molecule is CCC[C@H](CC/C=C/C=C/C#CC#C/C=C/COC(=O)[C@](OC)(c1ccccc1)C(F)(F)F)OC(=O)[C@](OC)(c1ccccc1)C(F)(F)F. The van der Waals surface area contributed by atoms with Gasteiger partial charge in [0.25, 0.3) is 11.2 Å². The van der Waals surface area contributed by atoms with Crippen molar-refractivity contribution in [3.63, 3.8) is 0 Å². The van der Waals surface area contributed by atoms with Gasteiger partial charge < -0.3 is 18.9 Å². The average Bonchev–Trinajstić information content (AvgIpc) is 3.05. The van der Waals surface area contributed by atoms with Crippen molar-refractivity contribution >= 4 is 11.9 Å². The number of rotatable bonds is 15. The van der Waals surface area contributed by atoms with E-state index in [1.165, 1.54) is 54.6 Å². The number of hydrogen-bond donors (Lipinski definition) is 0. The lowest BCUT2D eigenvalue weighted by molar-refractivity contribution is -0.278. The van der Waals surface area contributed by atoms with Crippen molar-refractivity contribution in [2.75, 3.05) is 20.8 Å².